The first-order valence-electron chi connectivity index (χ1n) is 7.59. The van der Waals surface area contributed by atoms with Gasteiger partial charge in [-0.3, -0.25) is 4.68 Å². The Kier molecular flexibility index (Phi) is 6.62. The van der Waals surface area contributed by atoms with Gasteiger partial charge in [0.1, 0.15) is 0 Å². The second-order valence-corrected chi connectivity index (χ2v) is 7.06. The van der Waals surface area contributed by atoms with Gasteiger partial charge in [0.15, 0.2) is 0 Å². The molecule has 1 aromatic heterocycles. The Labute approximate surface area is 123 Å². The van der Waals surface area contributed by atoms with Crippen molar-refractivity contribution in [2.45, 2.75) is 59.7 Å². The minimum absolute atomic E-state index is 0.112. The van der Waals surface area contributed by atoms with E-state index < -0.39 is 0 Å². The van der Waals surface area contributed by atoms with Crippen molar-refractivity contribution in [1.29, 1.82) is 0 Å². The number of rotatable bonds is 8. The van der Waals surface area contributed by atoms with E-state index in [1.54, 1.807) is 0 Å². The summed E-state index contributed by atoms with van der Waals surface area (Å²) in [6.07, 6.45) is 3.28. The first kappa shape index (κ1) is 17.1. The molecule has 0 atom stereocenters. The van der Waals surface area contributed by atoms with Gasteiger partial charge in [0.05, 0.1) is 12.2 Å². The summed E-state index contributed by atoms with van der Waals surface area (Å²) in [6.45, 7) is 14.8. The molecular weight excluding hydrogens is 250 g/mol. The van der Waals surface area contributed by atoms with Crippen molar-refractivity contribution in [1.82, 2.24) is 25.2 Å². The molecule has 0 fully saturated rings. The molecule has 0 aliphatic carbocycles. The van der Waals surface area contributed by atoms with Crippen LogP contribution in [0.5, 0.6) is 0 Å². The maximum absolute atomic E-state index is 4.20. The molecule has 1 rings (SSSR count). The Morgan fingerprint density at radius 2 is 2.00 bits per heavy atom. The van der Waals surface area contributed by atoms with Crippen molar-refractivity contribution in [3.63, 3.8) is 0 Å². The number of aromatic nitrogens is 3. The van der Waals surface area contributed by atoms with E-state index in [4.69, 9.17) is 0 Å². The fourth-order valence-electron chi connectivity index (χ4n) is 1.75. The number of hydrogen-bond donors (Lipinski definition) is 1. The van der Waals surface area contributed by atoms with Gasteiger partial charge >= 0.3 is 0 Å². The molecule has 116 valence electrons. The van der Waals surface area contributed by atoms with E-state index in [1.165, 1.54) is 6.42 Å². The first-order chi connectivity index (χ1) is 9.26. The van der Waals surface area contributed by atoms with Crippen LogP contribution in [-0.4, -0.2) is 45.6 Å². The second kappa shape index (κ2) is 7.74. The summed E-state index contributed by atoms with van der Waals surface area (Å²) in [6, 6.07) is 0. The van der Waals surface area contributed by atoms with Crippen molar-refractivity contribution >= 4 is 0 Å². The quantitative estimate of drug-likeness (QED) is 0.793. The second-order valence-electron chi connectivity index (χ2n) is 7.06. The highest BCUT2D eigenvalue weighted by molar-refractivity contribution is 4.93. The third-order valence-corrected chi connectivity index (χ3v) is 3.18. The Bertz CT molecular complexity index is 378. The summed E-state index contributed by atoms with van der Waals surface area (Å²) in [4.78, 5) is 2.36. The predicted molar refractivity (Wildman–Crippen MR) is 83.6 cm³/mol. The fraction of sp³-hybridized carbons (Fsp3) is 0.867. The number of nitrogens with zero attached hydrogens (tertiary/aromatic N) is 4. The first-order valence-corrected chi connectivity index (χ1v) is 7.59. The van der Waals surface area contributed by atoms with Gasteiger partial charge in [0, 0.05) is 24.8 Å². The molecule has 1 aromatic rings. The molecule has 1 heterocycles. The van der Waals surface area contributed by atoms with Gasteiger partial charge in [0.2, 0.25) is 0 Å². The lowest BCUT2D eigenvalue weighted by Crippen LogP contribution is -2.35. The van der Waals surface area contributed by atoms with E-state index in [0.717, 1.165) is 37.8 Å². The molecular formula is C15H31N5. The van der Waals surface area contributed by atoms with E-state index in [1.807, 2.05) is 10.9 Å². The molecule has 0 bridgehead atoms. The average molecular weight is 281 g/mol. The molecule has 0 radical (unpaired) electrons. The zero-order chi connectivity index (χ0) is 15.2. The van der Waals surface area contributed by atoms with Crippen LogP contribution in [0.4, 0.5) is 0 Å². The van der Waals surface area contributed by atoms with Crippen LogP contribution in [0.3, 0.4) is 0 Å². The molecule has 0 aliphatic rings. The van der Waals surface area contributed by atoms with Gasteiger partial charge < -0.3 is 10.2 Å². The predicted octanol–water partition coefficient (Wildman–Crippen LogP) is 2.14. The Morgan fingerprint density at radius 1 is 1.30 bits per heavy atom. The van der Waals surface area contributed by atoms with Crippen molar-refractivity contribution in [2.75, 3.05) is 20.1 Å². The molecule has 20 heavy (non-hydrogen) atoms. The van der Waals surface area contributed by atoms with Gasteiger partial charge in [-0.25, -0.2) is 0 Å². The molecule has 0 amide bonds. The van der Waals surface area contributed by atoms with Crippen LogP contribution in [0.2, 0.25) is 0 Å². The SMILES string of the molecule is CC(C)CCN(C)CCn1cc(CNC(C)(C)C)nn1. The minimum atomic E-state index is 0.112. The zero-order valence-electron chi connectivity index (χ0n) is 14.0. The highest BCUT2D eigenvalue weighted by atomic mass is 15.4. The van der Waals surface area contributed by atoms with Gasteiger partial charge in [-0.1, -0.05) is 19.1 Å². The van der Waals surface area contributed by atoms with Crippen LogP contribution >= 0.6 is 0 Å². The number of likely N-dealkylation sites (N-methyl/N-ethyl adjacent to an activating group) is 1. The maximum atomic E-state index is 4.20. The Balaban J connectivity index is 2.29. The topological polar surface area (TPSA) is 46.0 Å². The average Bonchev–Trinajstić information content (AvgIpc) is 2.78. The molecule has 0 saturated heterocycles. The minimum Gasteiger partial charge on any atom is -0.306 e. The van der Waals surface area contributed by atoms with Crippen LogP contribution in [-0.2, 0) is 13.1 Å². The smallest absolute Gasteiger partial charge is 0.0965 e. The third kappa shape index (κ3) is 7.60. The lowest BCUT2D eigenvalue weighted by Gasteiger charge is -2.19. The number of hydrogen-bond acceptors (Lipinski definition) is 4. The molecule has 5 heteroatoms. The zero-order valence-corrected chi connectivity index (χ0v) is 14.0. The molecule has 1 N–H and O–H groups in total. The van der Waals surface area contributed by atoms with Crippen molar-refractivity contribution in [3.05, 3.63) is 11.9 Å². The van der Waals surface area contributed by atoms with Crippen LogP contribution in [0.15, 0.2) is 6.20 Å². The van der Waals surface area contributed by atoms with Gasteiger partial charge in [-0.15, -0.1) is 5.10 Å². The Hall–Kier alpha value is -0.940. The molecule has 0 saturated carbocycles. The van der Waals surface area contributed by atoms with Gasteiger partial charge in [-0.05, 0) is 46.7 Å². The van der Waals surface area contributed by atoms with Gasteiger partial charge in [0.25, 0.3) is 0 Å². The summed E-state index contributed by atoms with van der Waals surface area (Å²) < 4.78 is 1.94. The summed E-state index contributed by atoms with van der Waals surface area (Å²) >= 11 is 0. The highest BCUT2D eigenvalue weighted by Gasteiger charge is 2.10. The lowest BCUT2D eigenvalue weighted by molar-refractivity contribution is 0.292. The molecule has 0 aromatic carbocycles. The monoisotopic (exact) mass is 281 g/mol. The van der Waals surface area contributed by atoms with Crippen LogP contribution in [0, 0.1) is 5.92 Å². The summed E-state index contributed by atoms with van der Waals surface area (Å²) in [5, 5.41) is 11.8. The van der Waals surface area contributed by atoms with Crippen LogP contribution < -0.4 is 5.32 Å². The van der Waals surface area contributed by atoms with Crippen LogP contribution in [0.25, 0.3) is 0 Å². The molecule has 0 spiro atoms. The normalized spacial score (nSPS) is 12.6. The van der Waals surface area contributed by atoms with Gasteiger partial charge in [-0.2, -0.15) is 0 Å². The fourth-order valence-corrected chi connectivity index (χ4v) is 1.75. The van der Waals surface area contributed by atoms with E-state index in [0.29, 0.717) is 0 Å². The summed E-state index contributed by atoms with van der Waals surface area (Å²) in [5.74, 6) is 0.763. The molecule has 0 aliphatic heterocycles. The van der Waals surface area contributed by atoms with E-state index in [-0.39, 0.29) is 5.54 Å². The largest absolute Gasteiger partial charge is 0.306 e. The van der Waals surface area contributed by atoms with E-state index in [9.17, 15) is 0 Å². The van der Waals surface area contributed by atoms with E-state index in [2.05, 4.69) is 62.2 Å². The van der Waals surface area contributed by atoms with Crippen molar-refractivity contribution in [3.8, 4) is 0 Å². The molecule has 5 nitrogen and oxygen atoms in total. The molecule has 0 unspecified atom stereocenters. The Morgan fingerprint density at radius 3 is 2.60 bits per heavy atom. The lowest BCUT2D eigenvalue weighted by atomic mass is 10.1. The summed E-state index contributed by atoms with van der Waals surface area (Å²) in [5.41, 5.74) is 1.12. The van der Waals surface area contributed by atoms with Crippen LogP contribution in [0.1, 0.15) is 46.7 Å². The number of nitrogens with one attached hydrogen (secondary N) is 1. The van der Waals surface area contributed by atoms with Crippen molar-refractivity contribution in [2.24, 2.45) is 5.92 Å². The maximum Gasteiger partial charge on any atom is 0.0965 e. The highest BCUT2D eigenvalue weighted by Crippen LogP contribution is 2.03. The van der Waals surface area contributed by atoms with E-state index >= 15 is 0 Å². The summed E-state index contributed by atoms with van der Waals surface area (Å²) in [7, 11) is 2.17. The third-order valence-electron chi connectivity index (χ3n) is 3.18. The standard InChI is InChI=1S/C15H31N5/c1-13(2)7-8-19(6)9-10-20-12-14(17-18-20)11-16-15(3,4)5/h12-13,16H,7-11H2,1-6H3. The van der Waals surface area contributed by atoms with Crippen molar-refractivity contribution < 1.29 is 0 Å².